The molecular weight excluding hydrogens is 448 g/mol. The van der Waals surface area contributed by atoms with Crippen molar-refractivity contribution < 1.29 is 4.79 Å². The van der Waals surface area contributed by atoms with Crippen molar-refractivity contribution in [3.05, 3.63) is 87.1 Å². The Kier molecular flexibility index (Phi) is 7.15. The molecule has 0 radical (unpaired) electrons. The molecule has 11 nitrogen and oxygen atoms in total. The van der Waals surface area contributed by atoms with E-state index in [4.69, 9.17) is 5.73 Å². The molecule has 3 N–H and O–H groups in total. The van der Waals surface area contributed by atoms with E-state index in [9.17, 15) is 14.4 Å². The number of hydrogen-bond donors (Lipinski definition) is 2. The van der Waals surface area contributed by atoms with Crippen LogP contribution in [0.25, 0.3) is 11.4 Å². The molecule has 4 aromatic rings. The SMILES string of the molecule is CCCCn1c(N)c(N(Cc2ccccc2)C(=O)Cn2nnc(-c3ccccc3)n2)c(=O)[nH]c1=O. The summed E-state index contributed by atoms with van der Waals surface area (Å²) in [6, 6.07) is 18.4. The molecule has 0 fully saturated rings. The van der Waals surface area contributed by atoms with Crippen LogP contribution in [0.1, 0.15) is 25.3 Å². The van der Waals surface area contributed by atoms with Crippen LogP contribution in [0.5, 0.6) is 0 Å². The van der Waals surface area contributed by atoms with E-state index < -0.39 is 17.2 Å². The number of nitrogen functional groups attached to an aromatic ring is 1. The van der Waals surface area contributed by atoms with Gasteiger partial charge in [-0.1, -0.05) is 74.0 Å². The number of aromatic amines is 1. The second-order valence-corrected chi connectivity index (χ2v) is 7.97. The quantitative estimate of drug-likeness (QED) is 0.376. The average Bonchev–Trinajstić information content (AvgIpc) is 3.33. The number of hydrogen-bond acceptors (Lipinski definition) is 7. The number of nitrogens with zero attached hydrogens (tertiary/aromatic N) is 6. The molecule has 0 aliphatic carbocycles. The third-order valence-corrected chi connectivity index (χ3v) is 5.47. The normalized spacial score (nSPS) is 10.9. The average molecular weight is 475 g/mol. The molecule has 2 aromatic heterocycles. The van der Waals surface area contributed by atoms with E-state index in [1.807, 2.05) is 67.6 Å². The number of nitrogens with two attached hydrogens (primary N) is 1. The third-order valence-electron chi connectivity index (χ3n) is 5.47. The maximum Gasteiger partial charge on any atom is 0.330 e. The number of tetrazole rings is 1. The Bertz CT molecular complexity index is 1410. The van der Waals surface area contributed by atoms with Crippen LogP contribution in [0, 0.1) is 0 Å². The van der Waals surface area contributed by atoms with Gasteiger partial charge in [0.1, 0.15) is 12.4 Å². The summed E-state index contributed by atoms with van der Waals surface area (Å²) in [6.45, 7) is 2.09. The van der Waals surface area contributed by atoms with E-state index >= 15 is 0 Å². The van der Waals surface area contributed by atoms with E-state index in [1.54, 1.807) is 0 Å². The first-order valence-corrected chi connectivity index (χ1v) is 11.3. The lowest BCUT2D eigenvalue weighted by molar-refractivity contribution is -0.119. The van der Waals surface area contributed by atoms with E-state index in [0.717, 1.165) is 17.5 Å². The number of anilines is 2. The van der Waals surface area contributed by atoms with Crippen molar-refractivity contribution in [2.24, 2.45) is 0 Å². The summed E-state index contributed by atoms with van der Waals surface area (Å²) < 4.78 is 1.28. The van der Waals surface area contributed by atoms with E-state index in [2.05, 4.69) is 20.4 Å². The number of unbranched alkanes of at least 4 members (excludes halogenated alkanes) is 1. The van der Waals surface area contributed by atoms with Crippen molar-refractivity contribution in [2.45, 2.75) is 39.4 Å². The number of benzene rings is 2. The largest absolute Gasteiger partial charge is 0.383 e. The van der Waals surface area contributed by atoms with Gasteiger partial charge in [-0.25, -0.2) is 4.79 Å². The van der Waals surface area contributed by atoms with Crippen LogP contribution in [0.2, 0.25) is 0 Å². The molecular formula is C24H26N8O3. The van der Waals surface area contributed by atoms with Gasteiger partial charge in [0, 0.05) is 12.1 Å². The van der Waals surface area contributed by atoms with Crippen LogP contribution in [0.3, 0.4) is 0 Å². The number of H-pyrrole nitrogens is 1. The zero-order valence-corrected chi connectivity index (χ0v) is 19.3. The summed E-state index contributed by atoms with van der Waals surface area (Å²) in [6.07, 6.45) is 1.52. The molecule has 11 heteroatoms. The molecule has 0 atom stereocenters. The second kappa shape index (κ2) is 10.6. The van der Waals surface area contributed by atoms with Crippen molar-refractivity contribution in [1.29, 1.82) is 0 Å². The predicted molar refractivity (Wildman–Crippen MR) is 132 cm³/mol. The first-order chi connectivity index (χ1) is 17.0. The minimum Gasteiger partial charge on any atom is -0.383 e. The van der Waals surface area contributed by atoms with E-state index in [0.29, 0.717) is 18.8 Å². The molecule has 0 bridgehead atoms. The van der Waals surface area contributed by atoms with Gasteiger partial charge >= 0.3 is 5.69 Å². The number of amides is 1. The lowest BCUT2D eigenvalue weighted by atomic mass is 10.2. The fraction of sp³-hybridized carbons (Fsp3) is 0.250. The Morgan fingerprint density at radius 3 is 2.43 bits per heavy atom. The number of aromatic nitrogens is 6. The van der Waals surface area contributed by atoms with Gasteiger partial charge in [0.05, 0.1) is 6.54 Å². The molecule has 2 aromatic carbocycles. The Morgan fingerprint density at radius 2 is 1.74 bits per heavy atom. The molecule has 35 heavy (non-hydrogen) atoms. The number of nitrogens with one attached hydrogen (secondary N) is 1. The third kappa shape index (κ3) is 5.35. The molecule has 0 saturated carbocycles. The lowest BCUT2D eigenvalue weighted by Crippen LogP contribution is -2.42. The Balaban J connectivity index is 1.70. The van der Waals surface area contributed by atoms with E-state index in [-0.39, 0.29) is 24.6 Å². The summed E-state index contributed by atoms with van der Waals surface area (Å²) in [5.41, 5.74) is 6.40. The molecule has 1 amide bonds. The fourth-order valence-electron chi connectivity index (χ4n) is 3.65. The minimum atomic E-state index is -0.735. The highest BCUT2D eigenvalue weighted by Gasteiger charge is 2.25. The van der Waals surface area contributed by atoms with Crippen LogP contribution < -0.4 is 21.9 Å². The topological polar surface area (TPSA) is 145 Å². The Hall–Kier alpha value is -4.54. The van der Waals surface area contributed by atoms with Gasteiger partial charge in [-0.15, -0.1) is 10.2 Å². The summed E-state index contributed by atoms with van der Waals surface area (Å²) in [4.78, 5) is 43.5. The van der Waals surface area contributed by atoms with Crippen molar-refractivity contribution in [3.63, 3.8) is 0 Å². The Labute approximate surface area is 200 Å². The zero-order chi connectivity index (χ0) is 24.8. The first-order valence-electron chi connectivity index (χ1n) is 11.3. The van der Waals surface area contributed by atoms with Crippen molar-refractivity contribution >= 4 is 17.4 Å². The molecule has 2 heterocycles. The summed E-state index contributed by atoms with van der Waals surface area (Å²) in [5, 5.41) is 12.3. The highest BCUT2D eigenvalue weighted by Crippen LogP contribution is 2.21. The van der Waals surface area contributed by atoms with Crippen molar-refractivity contribution in [2.75, 3.05) is 10.6 Å². The van der Waals surface area contributed by atoms with E-state index in [1.165, 1.54) is 14.3 Å². The molecule has 0 spiro atoms. The zero-order valence-electron chi connectivity index (χ0n) is 19.3. The van der Waals surface area contributed by atoms with Crippen LogP contribution >= 0.6 is 0 Å². The summed E-state index contributed by atoms with van der Waals surface area (Å²) in [5.74, 6) is -0.171. The smallest absolute Gasteiger partial charge is 0.330 e. The maximum absolute atomic E-state index is 13.5. The lowest BCUT2D eigenvalue weighted by Gasteiger charge is -2.24. The van der Waals surface area contributed by atoms with Gasteiger partial charge in [0.2, 0.25) is 5.82 Å². The summed E-state index contributed by atoms with van der Waals surface area (Å²) in [7, 11) is 0. The molecule has 180 valence electrons. The number of carbonyl (C=O) groups excluding carboxylic acids is 1. The van der Waals surface area contributed by atoms with Gasteiger partial charge in [-0.05, 0) is 17.2 Å². The summed E-state index contributed by atoms with van der Waals surface area (Å²) >= 11 is 0. The van der Waals surface area contributed by atoms with Gasteiger partial charge < -0.3 is 5.73 Å². The van der Waals surface area contributed by atoms with Crippen LogP contribution in [0.4, 0.5) is 11.5 Å². The van der Waals surface area contributed by atoms with Gasteiger partial charge in [-0.2, -0.15) is 4.80 Å². The van der Waals surface area contributed by atoms with Gasteiger partial charge in [0.15, 0.2) is 5.69 Å². The molecule has 0 aliphatic rings. The van der Waals surface area contributed by atoms with Crippen LogP contribution in [-0.4, -0.2) is 35.7 Å². The Morgan fingerprint density at radius 1 is 1.06 bits per heavy atom. The van der Waals surface area contributed by atoms with Crippen LogP contribution in [0.15, 0.2) is 70.3 Å². The number of carbonyl (C=O) groups is 1. The maximum atomic E-state index is 13.5. The number of rotatable bonds is 9. The van der Waals surface area contributed by atoms with Crippen molar-refractivity contribution in [3.8, 4) is 11.4 Å². The molecule has 0 saturated heterocycles. The molecule has 4 rings (SSSR count). The minimum absolute atomic E-state index is 0.0620. The molecule has 0 unspecified atom stereocenters. The highest BCUT2D eigenvalue weighted by molar-refractivity contribution is 5.95. The monoisotopic (exact) mass is 474 g/mol. The molecule has 0 aliphatic heterocycles. The fourth-order valence-corrected chi connectivity index (χ4v) is 3.65. The highest BCUT2D eigenvalue weighted by atomic mass is 16.2. The standard InChI is InChI=1S/C24H26N8O3/c1-2-3-14-30-21(25)20(23(34)26-24(30)35)31(15-17-10-6-4-7-11-17)19(33)16-32-28-22(27-29-32)18-12-8-5-9-13-18/h4-13H,2-3,14-16,25H2,1H3,(H,26,34,35). The first kappa shape index (κ1) is 23.6. The van der Waals surface area contributed by atoms with Crippen LogP contribution in [-0.2, 0) is 24.4 Å². The van der Waals surface area contributed by atoms with Gasteiger partial charge in [0.25, 0.3) is 11.5 Å². The predicted octanol–water partition coefficient (Wildman–Crippen LogP) is 1.81. The van der Waals surface area contributed by atoms with Crippen molar-refractivity contribution in [1.82, 2.24) is 29.8 Å². The van der Waals surface area contributed by atoms with Gasteiger partial charge in [-0.3, -0.25) is 24.0 Å². The second-order valence-electron chi connectivity index (χ2n) is 7.97.